The van der Waals surface area contributed by atoms with Crippen molar-refractivity contribution in [2.45, 2.75) is 24.8 Å². The fourth-order valence-electron chi connectivity index (χ4n) is 1.60. The van der Waals surface area contributed by atoms with Crippen LogP contribution in [0.25, 0.3) is 0 Å². The molecule has 0 saturated heterocycles. The molecule has 0 atom stereocenters. The van der Waals surface area contributed by atoms with Crippen molar-refractivity contribution in [2.24, 2.45) is 0 Å². The largest absolute Gasteiger partial charge is 0.496 e. The molecule has 0 heterocycles. The van der Waals surface area contributed by atoms with Crippen LogP contribution in [-0.4, -0.2) is 35.3 Å². The van der Waals surface area contributed by atoms with E-state index in [9.17, 15) is 8.42 Å². The van der Waals surface area contributed by atoms with Gasteiger partial charge >= 0.3 is 10.1 Å². The molecule has 0 bridgehead atoms. The molecular formula is C14H18O6S. The SMILES string of the molecule is C#CCOc1cc(OC)cc(OC)c1S(=O)(=O)OC(C)C. The average Bonchev–Trinajstić information content (AvgIpc) is 2.42. The van der Waals surface area contributed by atoms with Crippen molar-refractivity contribution < 1.29 is 26.8 Å². The van der Waals surface area contributed by atoms with Gasteiger partial charge in [-0.15, -0.1) is 6.42 Å². The molecule has 0 fully saturated rings. The summed E-state index contributed by atoms with van der Waals surface area (Å²) in [6, 6.07) is 2.84. The molecule has 7 heteroatoms. The topological polar surface area (TPSA) is 71.1 Å². The summed E-state index contributed by atoms with van der Waals surface area (Å²) >= 11 is 0. The Balaban J connectivity index is 3.49. The second kappa shape index (κ2) is 7.20. The van der Waals surface area contributed by atoms with Gasteiger partial charge in [-0.2, -0.15) is 8.42 Å². The molecule has 0 aliphatic rings. The van der Waals surface area contributed by atoms with Crippen molar-refractivity contribution in [1.82, 2.24) is 0 Å². The molecule has 1 aromatic rings. The monoisotopic (exact) mass is 314 g/mol. The highest BCUT2D eigenvalue weighted by atomic mass is 32.2. The number of ether oxygens (including phenoxy) is 3. The van der Waals surface area contributed by atoms with Gasteiger partial charge in [-0.3, -0.25) is 4.18 Å². The Kier molecular flexibility index (Phi) is 5.88. The number of hydrogen-bond acceptors (Lipinski definition) is 6. The third kappa shape index (κ3) is 4.28. The van der Waals surface area contributed by atoms with Crippen molar-refractivity contribution in [2.75, 3.05) is 20.8 Å². The van der Waals surface area contributed by atoms with Crippen molar-refractivity contribution in [3.8, 4) is 29.6 Å². The summed E-state index contributed by atoms with van der Waals surface area (Å²) in [6.45, 7) is 3.12. The Morgan fingerprint density at radius 1 is 1.19 bits per heavy atom. The van der Waals surface area contributed by atoms with Crippen molar-refractivity contribution in [3.63, 3.8) is 0 Å². The number of benzene rings is 1. The highest BCUT2D eigenvalue weighted by Crippen LogP contribution is 2.39. The molecule has 0 radical (unpaired) electrons. The van der Waals surface area contributed by atoms with E-state index in [4.69, 9.17) is 24.8 Å². The summed E-state index contributed by atoms with van der Waals surface area (Å²) < 4.78 is 45.1. The van der Waals surface area contributed by atoms with Gasteiger partial charge in [0.15, 0.2) is 4.90 Å². The van der Waals surface area contributed by atoms with E-state index in [1.807, 2.05) is 0 Å². The zero-order chi connectivity index (χ0) is 16.0. The predicted octanol–water partition coefficient (Wildman–Crippen LogP) is 1.83. The lowest BCUT2D eigenvalue weighted by atomic mass is 10.3. The standard InChI is InChI=1S/C14H18O6S/c1-6-7-19-13-9-11(17-4)8-12(18-5)14(13)21(15,16)20-10(2)3/h1,8-10H,7H2,2-5H3. The minimum Gasteiger partial charge on any atom is -0.496 e. The molecule has 0 aromatic heterocycles. The number of terminal acetylenes is 1. The Hall–Kier alpha value is -1.91. The number of hydrogen-bond donors (Lipinski definition) is 0. The van der Waals surface area contributed by atoms with Crippen LogP contribution in [0.1, 0.15) is 13.8 Å². The van der Waals surface area contributed by atoms with Gasteiger partial charge < -0.3 is 14.2 Å². The molecule has 21 heavy (non-hydrogen) atoms. The van der Waals surface area contributed by atoms with Crippen LogP contribution in [0, 0.1) is 12.3 Å². The lowest BCUT2D eigenvalue weighted by molar-refractivity contribution is 0.244. The molecule has 0 aliphatic carbocycles. The first kappa shape index (κ1) is 17.1. The maximum absolute atomic E-state index is 12.3. The molecule has 0 amide bonds. The van der Waals surface area contributed by atoms with Crippen molar-refractivity contribution in [1.29, 1.82) is 0 Å². The molecule has 6 nitrogen and oxygen atoms in total. The fourth-order valence-corrected chi connectivity index (χ4v) is 2.95. The third-order valence-electron chi connectivity index (χ3n) is 2.33. The first-order chi connectivity index (χ1) is 9.85. The van der Waals surface area contributed by atoms with Crippen LogP contribution >= 0.6 is 0 Å². The highest BCUT2D eigenvalue weighted by Gasteiger charge is 2.28. The van der Waals surface area contributed by atoms with Crippen LogP contribution < -0.4 is 14.2 Å². The molecule has 0 N–H and O–H groups in total. The molecule has 1 aromatic carbocycles. The van der Waals surface area contributed by atoms with Gasteiger partial charge in [0.2, 0.25) is 0 Å². The maximum Gasteiger partial charge on any atom is 0.304 e. The smallest absolute Gasteiger partial charge is 0.304 e. The lowest BCUT2D eigenvalue weighted by Crippen LogP contribution is -2.15. The van der Waals surface area contributed by atoms with E-state index in [1.165, 1.54) is 26.4 Å². The first-order valence-corrected chi connectivity index (χ1v) is 7.52. The molecular weight excluding hydrogens is 296 g/mol. The minimum atomic E-state index is -4.06. The van der Waals surface area contributed by atoms with Crippen molar-refractivity contribution in [3.05, 3.63) is 12.1 Å². The van der Waals surface area contributed by atoms with Gasteiger partial charge in [0.25, 0.3) is 0 Å². The number of rotatable bonds is 7. The highest BCUT2D eigenvalue weighted by molar-refractivity contribution is 7.87. The molecule has 1 rings (SSSR count). The van der Waals surface area contributed by atoms with E-state index in [0.29, 0.717) is 5.75 Å². The van der Waals surface area contributed by atoms with Crippen LogP contribution in [-0.2, 0) is 14.3 Å². The van der Waals surface area contributed by atoms with Gasteiger partial charge in [-0.1, -0.05) is 5.92 Å². The summed E-state index contributed by atoms with van der Waals surface area (Å²) in [5.41, 5.74) is 0. The molecule has 0 unspecified atom stereocenters. The average molecular weight is 314 g/mol. The maximum atomic E-state index is 12.3. The van der Waals surface area contributed by atoms with E-state index in [1.54, 1.807) is 13.8 Å². The van der Waals surface area contributed by atoms with Gasteiger partial charge in [-0.05, 0) is 13.8 Å². The summed E-state index contributed by atoms with van der Waals surface area (Å²) in [7, 11) is -1.28. The van der Waals surface area contributed by atoms with E-state index >= 15 is 0 Å². The fraction of sp³-hybridized carbons (Fsp3) is 0.429. The Morgan fingerprint density at radius 2 is 1.81 bits per heavy atom. The molecule has 0 aliphatic heterocycles. The minimum absolute atomic E-state index is 0.0183. The van der Waals surface area contributed by atoms with E-state index in [2.05, 4.69) is 5.92 Å². The predicted molar refractivity (Wildman–Crippen MR) is 77.3 cm³/mol. The van der Waals surface area contributed by atoms with Crippen molar-refractivity contribution >= 4 is 10.1 Å². The number of methoxy groups -OCH3 is 2. The van der Waals surface area contributed by atoms with Crippen LogP contribution in [0.15, 0.2) is 17.0 Å². The molecule has 116 valence electrons. The van der Waals surface area contributed by atoms with Crippen LogP contribution in [0.5, 0.6) is 17.2 Å². The van der Waals surface area contributed by atoms with E-state index in [0.717, 1.165) is 0 Å². The van der Waals surface area contributed by atoms with Gasteiger partial charge in [0.05, 0.1) is 20.3 Å². The van der Waals surface area contributed by atoms with Crippen LogP contribution in [0.3, 0.4) is 0 Å². The van der Waals surface area contributed by atoms with E-state index in [-0.39, 0.29) is 23.0 Å². The molecule has 0 spiro atoms. The van der Waals surface area contributed by atoms with Gasteiger partial charge in [-0.25, -0.2) is 0 Å². The first-order valence-electron chi connectivity index (χ1n) is 6.11. The normalized spacial score (nSPS) is 11.0. The Labute approximate surface area is 125 Å². The van der Waals surface area contributed by atoms with Crippen LogP contribution in [0.2, 0.25) is 0 Å². The van der Waals surface area contributed by atoms with Crippen LogP contribution in [0.4, 0.5) is 0 Å². The zero-order valence-corrected chi connectivity index (χ0v) is 13.2. The van der Waals surface area contributed by atoms with Gasteiger partial charge in [0, 0.05) is 12.1 Å². The Morgan fingerprint density at radius 3 is 2.29 bits per heavy atom. The zero-order valence-electron chi connectivity index (χ0n) is 12.4. The molecule has 0 saturated carbocycles. The lowest BCUT2D eigenvalue weighted by Gasteiger charge is -2.16. The summed E-state index contributed by atoms with van der Waals surface area (Å²) in [4.78, 5) is -0.213. The second-order valence-electron chi connectivity index (χ2n) is 4.25. The Bertz CT molecular complexity index is 628. The summed E-state index contributed by atoms with van der Waals surface area (Å²) in [5.74, 6) is 2.72. The summed E-state index contributed by atoms with van der Waals surface area (Å²) in [5, 5.41) is 0. The third-order valence-corrected chi connectivity index (χ3v) is 3.87. The van der Waals surface area contributed by atoms with Gasteiger partial charge in [0.1, 0.15) is 23.9 Å². The van der Waals surface area contributed by atoms with E-state index < -0.39 is 16.2 Å². The second-order valence-corrected chi connectivity index (χ2v) is 5.76. The summed E-state index contributed by atoms with van der Waals surface area (Å²) in [6.07, 6.45) is 4.61. The quantitative estimate of drug-likeness (QED) is 0.565.